The highest BCUT2D eigenvalue weighted by Gasteiger charge is 2.07. The van der Waals surface area contributed by atoms with Crippen LogP contribution in [0.15, 0.2) is 0 Å². The van der Waals surface area contributed by atoms with Crippen LogP contribution in [0.4, 0.5) is 5.82 Å². The number of halogens is 1. The third-order valence-corrected chi connectivity index (χ3v) is 1.71. The Labute approximate surface area is 71.4 Å². The molecule has 0 atom stereocenters. The summed E-state index contributed by atoms with van der Waals surface area (Å²) in [5.41, 5.74) is 0. The van der Waals surface area contributed by atoms with Crippen LogP contribution in [0, 0.1) is 0 Å². The largest absolute Gasteiger partial charge is 0.360 e. The number of hydrogen-bond acceptors (Lipinski definition) is 2. The number of rotatable bonds is 2. The van der Waals surface area contributed by atoms with E-state index in [1.807, 2.05) is 25.9 Å². The van der Waals surface area contributed by atoms with Crippen molar-refractivity contribution in [2.45, 2.75) is 13.3 Å². The Morgan fingerprint density at radius 3 is 2.45 bits per heavy atom. The summed E-state index contributed by atoms with van der Waals surface area (Å²) < 4.78 is 0. The molecule has 0 spiro atoms. The van der Waals surface area contributed by atoms with Crippen molar-refractivity contribution >= 4 is 17.4 Å². The fourth-order valence-electron chi connectivity index (χ4n) is 0.851. The maximum absolute atomic E-state index is 5.86. The lowest BCUT2D eigenvalue weighted by atomic mass is 10.5. The van der Waals surface area contributed by atoms with Crippen LogP contribution in [-0.2, 0) is 6.42 Å². The SMILES string of the molecule is CCc1nc(N(C)C)c(Cl)[nH]1. The highest BCUT2D eigenvalue weighted by Crippen LogP contribution is 2.20. The first-order valence-electron chi connectivity index (χ1n) is 3.56. The number of aromatic amines is 1. The van der Waals surface area contributed by atoms with Crippen molar-refractivity contribution in [2.24, 2.45) is 0 Å². The van der Waals surface area contributed by atoms with Crippen molar-refractivity contribution in [3.05, 3.63) is 11.0 Å². The van der Waals surface area contributed by atoms with Gasteiger partial charge in [0.1, 0.15) is 5.82 Å². The van der Waals surface area contributed by atoms with Crippen molar-refractivity contribution in [3.63, 3.8) is 0 Å². The topological polar surface area (TPSA) is 31.9 Å². The first-order valence-corrected chi connectivity index (χ1v) is 3.94. The molecule has 11 heavy (non-hydrogen) atoms. The lowest BCUT2D eigenvalue weighted by molar-refractivity contribution is 0.977. The second kappa shape index (κ2) is 3.13. The lowest BCUT2D eigenvalue weighted by Crippen LogP contribution is -2.09. The van der Waals surface area contributed by atoms with Gasteiger partial charge in [0.05, 0.1) is 0 Å². The third kappa shape index (κ3) is 1.66. The van der Waals surface area contributed by atoms with E-state index in [-0.39, 0.29) is 0 Å². The van der Waals surface area contributed by atoms with Gasteiger partial charge in [-0.3, -0.25) is 0 Å². The molecular weight excluding hydrogens is 162 g/mol. The fraction of sp³-hybridized carbons (Fsp3) is 0.571. The molecular formula is C7H12ClN3. The van der Waals surface area contributed by atoms with Gasteiger partial charge in [-0.1, -0.05) is 18.5 Å². The van der Waals surface area contributed by atoms with E-state index in [1.165, 1.54) is 0 Å². The standard InChI is InChI=1S/C7H12ClN3/c1-4-5-9-6(8)7(10-5)11(2)3/h4H2,1-3H3,(H,9,10). The van der Waals surface area contributed by atoms with Gasteiger partial charge in [-0.15, -0.1) is 0 Å². The van der Waals surface area contributed by atoms with Gasteiger partial charge in [0.15, 0.2) is 11.0 Å². The molecule has 0 aliphatic rings. The van der Waals surface area contributed by atoms with Gasteiger partial charge in [-0.2, -0.15) is 0 Å². The van der Waals surface area contributed by atoms with Crippen LogP contribution >= 0.6 is 11.6 Å². The first-order chi connectivity index (χ1) is 5.15. The molecule has 0 saturated heterocycles. The monoisotopic (exact) mass is 173 g/mol. The average molecular weight is 174 g/mol. The normalized spacial score (nSPS) is 10.2. The van der Waals surface area contributed by atoms with E-state index in [0.29, 0.717) is 5.15 Å². The summed E-state index contributed by atoms with van der Waals surface area (Å²) in [5, 5.41) is 0.617. The zero-order chi connectivity index (χ0) is 8.43. The van der Waals surface area contributed by atoms with Crippen LogP contribution in [0.2, 0.25) is 5.15 Å². The number of aryl methyl sites for hydroxylation is 1. The third-order valence-electron chi connectivity index (χ3n) is 1.45. The minimum Gasteiger partial charge on any atom is -0.360 e. The minimum atomic E-state index is 0.617. The highest BCUT2D eigenvalue weighted by atomic mass is 35.5. The Morgan fingerprint density at radius 2 is 2.18 bits per heavy atom. The zero-order valence-corrected chi connectivity index (χ0v) is 7.74. The summed E-state index contributed by atoms with van der Waals surface area (Å²) in [6.07, 6.45) is 0.882. The molecule has 4 heteroatoms. The number of nitrogens with zero attached hydrogens (tertiary/aromatic N) is 2. The van der Waals surface area contributed by atoms with E-state index in [9.17, 15) is 0 Å². The summed E-state index contributed by atoms with van der Waals surface area (Å²) in [6.45, 7) is 2.04. The van der Waals surface area contributed by atoms with Gasteiger partial charge in [-0.05, 0) is 0 Å². The van der Waals surface area contributed by atoms with Crippen LogP contribution < -0.4 is 4.90 Å². The molecule has 0 aliphatic heterocycles. The molecule has 1 rings (SSSR count). The maximum atomic E-state index is 5.86. The number of anilines is 1. The van der Waals surface area contributed by atoms with E-state index >= 15 is 0 Å². The smallest absolute Gasteiger partial charge is 0.165 e. The van der Waals surface area contributed by atoms with Crippen molar-refractivity contribution < 1.29 is 0 Å². The molecule has 0 aliphatic carbocycles. The van der Waals surface area contributed by atoms with E-state index in [2.05, 4.69) is 9.97 Å². The van der Waals surface area contributed by atoms with Gasteiger partial charge in [0.25, 0.3) is 0 Å². The van der Waals surface area contributed by atoms with Crippen LogP contribution in [0.3, 0.4) is 0 Å². The minimum absolute atomic E-state index is 0.617. The average Bonchev–Trinajstić information content (AvgIpc) is 2.30. The molecule has 0 saturated carbocycles. The molecule has 0 fully saturated rings. The summed E-state index contributed by atoms with van der Waals surface area (Å²) in [7, 11) is 3.84. The maximum Gasteiger partial charge on any atom is 0.165 e. The van der Waals surface area contributed by atoms with E-state index in [1.54, 1.807) is 0 Å². The number of H-pyrrole nitrogens is 1. The fourth-order valence-corrected chi connectivity index (χ4v) is 1.17. The second-order valence-corrected chi connectivity index (χ2v) is 2.95. The van der Waals surface area contributed by atoms with E-state index in [4.69, 9.17) is 11.6 Å². The van der Waals surface area contributed by atoms with Crippen LogP contribution in [0.1, 0.15) is 12.7 Å². The van der Waals surface area contributed by atoms with Crippen LogP contribution in [0.25, 0.3) is 0 Å². The summed E-state index contributed by atoms with van der Waals surface area (Å²) >= 11 is 5.86. The molecule has 0 radical (unpaired) electrons. The van der Waals surface area contributed by atoms with Gasteiger partial charge >= 0.3 is 0 Å². The van der Waals surface area contributed by atoms with Gasteiger partial charge in [0.2, 0.25) is 0 Å². The highest BCUT2D eigenvalue weighted by molar-refractivity contribution is 6.31. The molecule has 0 amide bonds. The van der Waals surface area contributed by atoms with Crippen LogP contribution in [-0.4, -0.2) is 24.1 Å². The Morgan fingerprint density at radius 1 is 1.55 bits per heavy atom. The molecule has 1 aromatic heterocycles. The molecule has 1 aromatic rings. The number of aromatic nitrogens is 2. The zero-order valence-electron chi connectivity index (χ0n) is 6.98. The summed E-state index contributed by atoms with van der Waals surface area (Å²) in [5.74, 6) is 1.74. The quantitative estimate of drug-likeness (QED) is 0.738. The second-order valence-electron chi connectivity index (χ2n) is 2.57. The Bertz CT molecular complexity index is 242. The molecule has 3 nitrogen and oxygen atoms in total. The van der Waals surface area contributed by atoms with E-state index < -0.39 is 0 Å². The predicted molar refractivity (Wildman–Crippen MR) is 47.3 cm³/mol. The summed E-state index contributed by atoms with van der Waals surface area (Å²) in [6, 6.07) is 0. The number of hydrogen-bond donors (Lipinski definition) is 1. The Kier molecular flexibility index (Phi) is 2.39. The molecule has 0 bridgehead atoms. The van der Waals surface area contributed by atoms with Crippen molar-refractivity contribution in [3.8, 4) is 0 Å². The molecule has 1 heterocycles. The van der Waals surface area contributed by atoms with Gasteiger partial charge in [-0.25, -0.2) is 4.98 Å². The molecule has 62 valence electrons. The molecule has 0 aromatic carbocycles. The Hall–Kier alpha value is -0.700. The van der Waals surface area contributed by atoms with Crippen molar-refractivity contribution in [2.75, 3.05) is 19.0 Å². The number of imidazole rings is 1. The molecule has 1 N–H and O–H groups in total. The van der Waals surface area contributed by atoms with Gasteiger partial charge in [0, 0.05) is 20.5 Å². The van der Waals surface area contributed by atoms with Crippen molar-refractivity contribution in [1.82, 2.24) is 9.97 Å². The summed E-state index contributed by atoms with van der Waals surface area (Å²) in [4.78, 5) is 9.14. The Balaban J connectivity index is 2.97. The van der Waals surface area contributed by atoms with Crippen LogP contribution in [0.5, 0.6) is 0 Å². The number of nitrogens with one attached hydrogen (secondary N) is 1. The van der Waals surface area contributed by atoms with Gasteiger partial charge < -0.3 is 9.88 Å². The lowest BCUT2D eigenvalue weighted by Gasteiger charge is -2.06. The predicted octanol–water partition coefficient (Wildman–Crippen LogP) is 1.69. The van der Waals surface area contributed by atoms with Crippen molar-refractivity contribution in [1.29, 1.82) is 0 Å². The molecule has 0 unspecified atom stereocenters. The van der Waals surface area contributed by atoms with E-state index in [0.717, 1.165) is 18.1 Å². The first kappa shape index (κ1) is 8.40.